The predicted molar refractivity (Wildman–Crippen MR) is 68.6 cm³/mol. The van der Waals surface area contributed by atoms with E-state index in [9.17, 15) is 4.79 Å². The van der Waals surface area contributed by atoms with Crippen molar-refractivity contribution in [1.82, 2.24) is 0 Å². The Bertz CT molecular complexity index is 377. The van der Waals surface area contributed by atoms with Crippen LogP contribution in [0.2, 0.25) is 5.02 Å². The first-order valence-corrected chi connectivity index (χ1v) is 5.71. The van der Waals surface area contributed by atoms with Gasteiger partial charge in [0.25, 0.3) is 0 Å². The van der Waals surface area contributed by atoms with E-state index in [4.69, 9.17) is 17.3 Å². The average Bonchev–Trinajstić information content (AvgIpc) is 2.19. The predicted octanol–water partition coefficient (Wildman–Crippen LogP) is 3.30. The fraction of sp³-hybridized carbons (Fsp3) is 0.417. The second kappa shape index (κ2) is 5.75. The van der Waals surface area contributed by atoms with E-state index >= 15 is 0 Å². The van der Waals surface area contributed by atoms with Crippen LogP contribution in [0.4, 0.5) is 11.4 Å². The molecule has 16 heavy (non-hydrogen) atoms. The minimum atomic E-state index is -0.0114. The van der Waals surface area contributed by atoms with E-state index in [0.29, 0.717) is 28.7 Å². The Hall–Kier alpha value is -1.22. The molecule has 3 nitrogen and oxygen atoms in total. The van der Waals surface area contributed by atoms with Crippen LogP contribution in [-0.2, 0) is 4.79 Å². The monoisotopic (exact) mass is 240 g/mol. The van der Waals surface area contributed by atoms with E-state index in [2.05, 4.69) is 19.2 Å². The van der Waals surface area contributed by atoms with Gasteiger partial charge in [-0.25, -0.2) is 0 Å². The maximum atomic E-state index is 11.6. The molecular formula is C12H17ClN2O. The van der Waals surface area contributed by atoms with E-state index in [1.807, 2.05) is 0 Å². The zero-order chi connectivity index (χ0) is 12.1. The molecule has 0 fully saturated rings. The summed E-state index contributed by atoms with van der Waals surface area (Å²) >= 11 is 5.76. The van der Waals surface area contributed by atoms with Gasteiger partial charge in [-0.15, -0.1) is 0 Å². The van der Waals surface area contributed by atoms with Crippen molar-refractivity contribution in [3.8, 4) is 0 Å². The number of hydrogen-bond donors (Lipinski definition) is 2. The van der Waals surface area contributed by atoms with E-state index in [0.717, 1.165) is 6.42 Å². The molecule has 88 valence electrons. The van der Waals surface area contributed by atoms with Crippen LogP contribution in [0, 0.1) is 5.92 Å². The Labute approximate surface area is 101 Å². The van der Waals surface area contributed by atoms with Crippen molar-refractivity contribution in [3.05, 3.63) is 23.2 Å². The topological polar surface area (TPSA) is 55.1 Å². The van der Waals surface area contributed by atoms with Gasteiger partial charge in [0.2, 0.25) is 5.91 Å². The molecule has 1 rings (SSSR count). The molecule has 0 heterocycles. The van der Waals surface area contributed by atoms with Crippen LogP contribution in [0.3, 0.4) is 0 Å². The van der Waals surface area contributed by atoms with Gasteiger partial charge in [0.05, 0.1) is 11.4 Å². The maximum absolute atomic E-state index is 11.6. The Morgan fingerprint density at radius 2 is 2.19 bits per heavy atom. The summed E-state index contributed by atoms with van der Waals surface area (Å²) in [4.78, 5) is 11.6. The lowest BCUT2D eigenvalue weighted by Gasteiger charge is -2.09. The van der Waals surface area contributed by atoms with Crippen molar-refractivity contribution in [3.63, 3.8) is 0 Å². The molecule has 0 saturated heterocycles. The fourth-order valence-corrected chi connectivity index (χ4v) is 1.46. The summed E-state index contributed by atoms with van der Waals surface area (Å²) in [5.41, 5.74) is 6.84. The van der Waals surface area contributed by atoms with Gasteiger partial charge in [-0.05, 0) is 30.5 Å². The molecule has 1 aromatic rings. The number of nitrogen functional groups attached to an aromatic ring is 1. The lowest BCUT2D eigenvalue weighted by molar-refractivity contribution is -0.116. The third-order valence-electron chi connectivity index (χ3n) is 2.24. The van der Waals surface area contributed by atoms with Crippen molar-refractivity contribution >= 4 is 28.9 Å². The van der Waals surface area contributed by atoms with Crippen molar-refractivity contribution in [2.24, 2.45) is 5.92 Å². The standard InChI is InChI=1S/C12H17ClN2O/c1-8(2)3-6-12(16)15-11-5-4-9(13)7-10(11)14/h4-5,7-8H,3,6,14H2,1-2H3,(H,15,16). The third kappa shape index (κ3) is 4.11. The molecule has 0 radical (unpaired) electrons. The molecule has 3 N–H and O–H groups in total. The van der Waals surface area contributed by atoms with Crippen molar-refractivity contribution < 1.29 is 4.79 Å². The normalized spacial score (nSPS) is 10.5. The largest absolute Gasteiger partial charge is 0.397 e. The van der Waals surface area contributed by atoms with Crippen LogP contribution in [0.15, 0.2) is 18.2 Å². The Kier molecular flexibility index (Phi) is 4.62. The van der Waals surface area contributed by atoms with E-state index in [1.54, 1.807) is 18.2 Å². The second-order valence-electron chi connectivity index (χ2n) is 4.21. The van der Waals surface area contributed by atoms with Gasteiger partial charge in [-0.1, -0.05) is 25.4 Å². The molecule has 0 bridgehead atoms. The number of benzene rings is 1. The number of hydrogen-bond acceptors (Lipinski definition) is 2. The molecular weight excluding hydrogens is 224 g/mol. The highest BCUT2D eigenvalue weighted by Crippen LogP contribution is 2.22. The highest BCUT2D eigenvalue weighted by molar-refractivity contribution is 6.31. The van der Waals surface area contributed by atoms with Crippen LogP contribution in [-0.4, -0.2) is 5.91 Å². The number of halogens is 1. The van der Waals surface area contributed by atoms with Gasteiger partial charge in [0, 0.05) is 11.4 Å². The lowest BCUT2D eigenvalue weighted by atomic mass is 10.1. The zero-order valence-corrected chi connectivity index (χ0v) is 10.3. The maximum Gasteiger partial charge on any atom is 0.224 e. The van der Waals surface area contributed by atoms with Gasteiger partial charge >= 0.3 is 0 Å². The summed E-state index contributed by atoms with van der Waals surface area (Å²) in [6, 6.07) is 5.04. The van der Waals surface area contributed by atoms with E-state index in [1.165, 1.54) is 0 Å². The Balaban J connectivity index is 2.56. The smallest absolute Gasteiger partial charge is 0.224 e. The number of carbonyl (C=O) groups is 1. The first-order valence-electron chi connectivity index (χ1n) is 5.34. The number of nitrogens with one attached hydrogen (secondary N) is 1. The van der Waals surface area contributed by atoms with Gasteiger partial charge in [0.1, 0.15) is 0 Å². The van der Waals surface area contributed by atoms with Crippen LogP contribution in [0.1, 0.15) is 26.7 Å². The number of amides is 1. The van der Waals surface area contributed by atoms with Crippen LogP contribution in [0.25, 0.3) is 0 Å². The average molecular weight is 241 g/mol. The van der Waals surface area contributed by atoms with Gasteiger partial charge in [0.15, 0.2) is 0 Å². The molecule has 0 saturated carbocycles. The van der Waals surface area contributed by atoms with Crippen molar-refractivity contribution in [2.45, 2.75) is 26.7 Å². The molecule has 1 aromatic carbocycles. The molecule has 0 aromatic heterocycles. The number of nitrogens with two attached hydrogens (primary N) is 1. The van der Waals surface area contributed by atoms with Gasteiger partial charge in [-0.3, -0.25) is 4.79 Å². The number of rotatable bonds is 4. The first-order chi connectivity index (χ1) is 7.49. The summed E-state index contributed by atoms with van der Waals surface area (Å²) < 4.78 is 0. The second-order valence-corrected chi connectivity index (χ2v) is 4.65. The highest BCUT2D eigenvalue weighted by Gasteiger charge is 2.06. The molecule has 0 aliphatic carbocycles. The Morgan fingerprint density at radius 3 is 2.75 bits per heavy atom. The summed E-state index contributed by atoms with van der Waals surface area (Å²) in [5, 5.41) is 3.34. The molecule has 1 amide bonds. The van der Waals surface area contributed by atoms with Gasteiger partial charge in [-0.2, -0.15) is 0 Å². The molecule has 0 spiro atoms. The molecule has 0 unspecified atom stereocenters. The van der Waals surface area contributed by atoms with Crippen LogP contribution >= 0.6 is 11.6 Å². The molecule has 4 heteroatoms. The van der Waals surface area contributed by atoms with Crippen molar-refractivity contribution in [2.75, 3.05) is 11.1 Å². The summed E-state index contributed by atoms with van der Waals surface area (Å²) in [6.07, 6.45) is 1.39. The zero-order valence-electron chi connectivity index (χ0n) is 9.59. The quantitative estimate of drug-likeness (QED) is 0.794. The van der Waals surface area contributed by atoms with Crippen molar-refractivity contribution in [1.29, 1.82) is 0 Å². The molecule has 0 aliphatic heterocycles. The third-order valence-corrected chi connectivity index (χ3v) is 2.47. The number of anilines is 2. The lowest BCUT2D eigenvalue weighted by Crippen LogP contribution is -2.13. The number of carbonyl (C=O) groups excluding carboxylic acids is 1. The Morgan fingerprint density at radius 1 is 1.50 bits per heavy atom. The summed E-state index contributed by atoms with van der Waals surface area (Å²) in [5.74, 6) is 0.510. The van der Waals surface area contributed by atoms with Crippen LogP contribution in [0.5, 0.6) is 0 Å². The SMILES string of the molecule is CC(C)CCC(=O)Nc1ccc(Cl)cc1N. The van der Waals surface area contributed by atoms with E-state index < -0.39 is 0 Å². The summed E-state index contributed by atoms with van der Waals surface area (Å²) in [7, 11) is 0. The summed E-state index contributed by atoms with van der Waals surface area (Å²) in [6.45, 7) is 4.17. The first kappa shape index (κ1) is 12.8. The van der Waals surface area contributed by atoms with Gasteiger partial charge < -0.3 is 11.1 Å². The highest BCUT2D eigenvalue weighted by atomic mass is 35.5. The molecule has 0 atom stereocenters. The van der Waals surface area contributed by atoms with E-state index in [-0.39, 0.29) is 5.91 Å². The fourth-order valence-electron chi connectivity index (χ4n) is 1.28. The molecule has 0 aliphatic rings. The van der Waals surface area contributed by atoms with Crippen LogP contribution < -0.4 is 11.1 Å². The minimum absolute atomic E-state index is 0.0114. The minimum Gasteiger partial charge on any atom is -0.397 e.